The number of rotatable bonds is 4. The highest BCUT2D eigenvalue weighted by Crippen LogP contribution is 2.40. The van der Waals surface area contributed by atoms with Gasteiger partial charge in [0.15, 0.2) is 0 Å². The van der Waals surface area contributed by atoms with E-state index in [9.17, 15) is 9.59 Å². The maximum Gasteiger partial charge on any atom is 0.309 e. The lowest BCUT2D eigenvalue weighted by Crippen LogP contribution is -2.52. The lowest BCUT2D eigenvalue weighted by Gasteiger charge is -2.41. The molecule has 5 nitrogen and oxygen atoms in total. The molecular formula is C18H25NO4S. The average Bonchev–Trinajstić information content (AvgIpc) is 3.17. The molecule has 0 aromatic carbocycles. The fourth-order valence-electron chi connectivity index (χ4n) is 3.72. The molecule has 0 aliphatic carbocycles. The van der Waals surface area contributed by atoms with Gasteiger partial charge in [-0.1, -0.05) is 6.07 Å². The van der Waals surface area contributed by atoms with Gasteiger partial charge >= 0.3 is 5.97 Å². The second-order valence-electron chi connectivity index (χ2n) is 6.49. The summed E-state index contributed by atoms with van der Waals surface area (Å²) in [6.45, 7) is 4.77. The molecule has 6 heteroatoms. The minimum Gasteiger partial charge on any atom is -0.466 e. The Morgan fingerprint density at radius 2 is 2.04 bits per heavy atom. The second kappa shape index (κ2) is 7.66. The van der Waals surface area contributed by atoms with Crippen LogP contribution >= 0.6 is 11.3 Å². The number of hydrogen-bond acceptors (Lipinski definition) is 5. The van der Waals surface area contributed by atoms with Crippen molar-refractivity contribution in [3.05, 3.63) is 22.4 Å². The Balaban J connectivity index is 1.70. The number of nitrogens with zero attached hydrogens (tertiary/aromatic N) is 1. The summed E-state index contributed by atoms with van der Waals surface area (Å²) in [4.78, 5) is 28.3. The zero-order chi connectivity index (χ0) is 17.0. The molecule has 1 aromatic heterocycles. The number of amides is 1. The SMILES string of the molecule is CCOC(=O)C1CCN(C(=O)C2(c3cccs3)CCOCC2)CC1. The van der Waals surface area contributed by atoms with Gasteiger partial charge in [-0.15, -0.1) is 11.3 Å². The molecule has 24 heavy (non-hydrogen) atoms. The number of carbonyl (C=O) groups excluding carboxylic acids is 2. The summed E-state index contributed by atoms with van der Waals surface area (Å²) < 4.78 is 10.6. The third-order valence-corrected chi connectivity index (χ3v) is 6.22. The largest absolute Gasteiger partial charge is 0.466 e. The van der Waals surface area contributed by atoms with Gasteiger partial charge in [-0.2, -0.15) is 0 Å². The quantitative estimate of drug-likeness (QED) is 0.783. The summed E-state index contributed by atoms with van der Waals surface area (Å²) in [5, 5.41) is 2.03. The maximum absolute atomic E-state index is 13.3. The Labute approximate surface area is 146 Å². The van der Waals surface area contributed by atoms with E-state index in [0.29, 0.717) is 45.8 Å². The molecule has 132 valence electrons. The van der Waals surface area contributed by atoms with Crippen molar-refractivity contribution < 1.29 is 19.1 Å². The number of esters is 1. The Hall–Kier alpha value is -1.40. The molecular weight excluding hydrogens is 326 g/mol. The van der Waals surface area contributed by atoms with E-state index >= 15 is 0 Å². The van der Waals surface area contributed by atoms with Gasteiger partial charge in [0.2, 0.25) is 5.91 Å². The number of thiophene rings is 1. The highest BCUT2D eigenvalue weighted by molar-refractivity contribution is 7.10. The first-order chi connectivity index (χ1) is 11.7. The summed E-state index contributed by atoms with van der Waals surface area (Å²) in [7, 11) is 0. The minimum absolute atomic E-state index is 0.0682. The Bertz CT molecular complexity index is 558. The van der Waals surface area contributed by atoms with Gasteiger partial charge in [-0.3, -0.25) is 9.59 Å². The van der Waals surface area contributed by atoms with Crippen LogP contribution in [0.4, 0.5) is 0 Å². The molecule has 2 fully saturated rings. The molecule has 2 aliphatic heterocycles. The molecule has 2 saturated heterocycles. The van der Waals surface area contributed by atoms with Crippen molar-refractivity contribution in [2.75, 3.05) is 32.9 Å². The van der Waals surface area contributed by atoms with Crippen LogP contribution in [-0.2, 0) is 24.5 Å². The molecule has 0 N–H and O–H groups in total. The van der Waals surface area contributed by atoms with Crippen LogP contribution in [-0.4, -0.2) is 49.7 Å². The molecule has 3 rings (SSSR count). The highest BCUT2D eigenvalue weighted by atomic mass is 32.1. The van der Waals surface area contributed by atoms with Crippen LogP contribution in [0, 0.1) is 5.92 Å². The molecule has 0 saturated carbocycles. The Kier molecular flexibility index (Phi) is 5.56. The zero-order valence-electron chi connectivity index (χ0n) is 14.2. The summed E-state index contributed by atoms with van der Waals surface area (Å²) in [6.07, 6.45) is 2.87. The topological polar surface area (TPSA) is 55.8 Å². The van der Waals surface area contributed by atoms with E-state index < -0.39 is 5.41 Å². The fraction of sp³-hybridized carbons (Fsp3) is 0.667. The van der Waals surface area contributed by atoms with Gasteiger partial charge in [-0.25, -0.2) is 0 Å². The lowest BCUT2D eigenvalue weighted by molar-refractivity contribution is -0.153. The third-order valence-electron chi connectivity index (χ3n) is 5.15. The van der Waals surface area contributed by atoms with Gasteiger partial charge in [0, 0.05) is 31.2 Å². The molecule has 0 unspecified atom stereocenters. The van der Waals surface area contributed by atoms with Crippen LogP contribution in [0.5, 0.6) is 0 Å². The molecule has 3 heterocycles. The standard InChI is InChI=1S/C18H25NO4S/c1-2-23-16(20)14-5-9-19(10-6-14)17(21)18(7-11-22-12-8-18)15-4-3-13-24-15/h3-4,13-14H,2,5-12H2,1H3. The van der Waals surface area contributed by atoms with E-state index in [-0.39, 0.29) is 17.8 Å². The molecule has 0 spiro atoms. The van der Waals surface area contributed by atoms with Crippen LogP contribution in [0.15, 0.2) is 17.5 Å². The Morgan fingerprint density at radius 3 is 2.62 bits per heavy atom. The van der Waals surface area contributed by atoms with Gasteiger partial charge in [0.05, 0.1) is 17.9 Å². The van der Waals surface area contributed by atoms with Gasteiger partial charge < -0.3 is 14.4 Å². The van der Waals surface area contributed by atoms with Crippen molar-refractivity contribution in [3.63, 3.8) is 0 Å². The van der Waals surface area contributed by atoms with Crippen LogP contribution in [0.3, 0.4) is 0 Å². The van der Waals surface area contributed by atoms with E-state index in [2.05, 4.69) is 6.07 Å². The molecule has 1 amide bonds. The van der Waals surface area contributed by atoms with E-state index in [1.54, 1.807) is 11.3 Å². The predicted molar refractivity (Wildman–Crippen MR) is 92.0 cm³/mol. The van der Waals surface area contributed by atoms with Crippen molar-refractivity contribution >= 4 is 23.2 Å². The molecule has 0 radical (unpaired) electrons. The number of likely N-dealkylation sites (tertiary alicyclic amines) is 1. The summed E-state index contributed by atoms with van der Waals surface area (Å²) in [6, 6.07) is 4.08. The molecule has 0 atom stereocenters. The van der Waals surface area contributed by atoms with Crippen molar-refractivity contribution in [1.29, 1.82) is 0 Å². The van der Waals surface area contributed by atoms with Gasteiger partial charge in [-0.05, 0) is 44.1 Å². The first-order valence-electron chi connectivity index (χ1n) is 8.75. The lowest BCUT2D eigenvalue weighted by atomic mass is 9.77. The summed E-state index contributed by atoms with van der Waals surface area (Å²) in [5.41, 5.74) is -0.441. The van der Waals surface area contributed by atoms with Crippen molar-refractivity contribution in [2.24, 2.45) is 5.92 Å². The molecule has 2 aliphatic rings. The monoisotopic (exact) mass is 351 g/mol. The Morgan fingerprint density at radius 1 is 1.33 bits per heavy atom. The van der Waals surface area contributed by atoms with Crippen LogP contribution in [0.2, 0.25) is 0 Å². The summed E-state index contributed by atoms with van der Waals surface area (Å²) >= 11 is 1.66. The van der Waals surface area contributed by atoms with Gasteiger partial charge in [0.1, 0.15) is 0 Å². The minimum atomic E-state index is -0.441. The number of hydrogen-bond donors (Lipinski definition) is 0. The first-order valence-corrected chi connectivity index (χ1v) is 9.63. The molecule has 0 bridgehead atoms. The van der Waals surface area contributed by atoms with Crippen molar-refractivity contribution in [2.45, 2.75) is 38.0 Å². The van der Waals surface area contributed by atoms with E-state index in [1.165, 1.54) is 0 Å². The van der Waals surface area contributed by atoms with Crippen LogP contribution < -0.4 is 0 Å². The van der Waals surface area contributed by atoms with Crippen LogP contribution in [0.1, 0.15) is 37.5 Å². The van der Waals surface area contributed by atoms with Crippen molar-refractivity contribution in [1.82, 2.24) is 4.90 Å². The first kappa shape index (κ1) is 17.4. The van der Waals surface area contributed by atoms with Crippen molar-refractivity contribution in [3.8, 4) is 0 Å². The van der Waals surface area contributed by atoms with E-state index in [0.717, 1.165) is 17.7 Å². The third kappa shape index (κ3) is 3.35. The fourth-order valence-corrected chi connectivity index (χ4v) is 4.70. The van der Waals surface area contributed by atoms with Crippen LogP contribution in [0.25, 0.3) is 0 Å². The smallest absolute Gasteiger partial charge is 0.309 e. The normalized spacial score (nSPS) is 21.5. The van der Waals surface area contributed by atoms with E-state index in [4.69, 9.17) is 9.47 Å². The number of carbonyl (C=O) groups is 2. The summed E-state index contributed by atoms with van der Waals surface area (Å²) in [5.74, 6) is 0.0144. The van der Waals surface area contributed by atoms with Gasteiger partial charge in [0.25, 0.3) is 0 Å². The number of ether oxygens (including phenoxy) is 2. The van der Waals surface area contributed by atoms with E-state index in [1.807, 2.05) is 23.3 Å². The second-order valence-corrected chi connectivity index (χ2v) is 7.44. The predicted octanol–water partition coefficient (Wildman–Crippen LogP) is 2.60. The number of piperidine rings is 1. The highest BCUT2D eigenvalue weighted by Gasteiger charge is 2.45. The average molecular weight is 351 g/mol. The zero-order valence-corrected chi connectivity index (χ0v) is 15.0. The maximum atomic E-state index is 13.3. The molecule has 1 aromatic rings.